The van der Waals surface area contributed by atoms with Crippen molar-refractivity contribution < 1.29 is 19.4 Å². The SMILES string of the molecule is CC(C)c1cc(Cn2ccc3c(C(=O)NCC(=O)O)cccc32)ccc1OCc1ccccc1. The average Bonchev–Trinajstić information content (AvgIpc) is 3.25. The summed E-state index contributed by atoms with van der Waals surface area (Å²) in [5.41, 5.74) is 4.79. The van der Waals surface area contributed by atoms with Gasteiger partial charge in [0.05, 0.1) is 0 Å². The lowest BCUT2D eigenvalue weighted by Gasteiger charge is -2.16. The topological polar surface area (TPSA) is 80.6 Å². The molecule has 0 atom stereocenters. The summed E-state index contributed by atoms with van der Waals surface area (Å²) in [4.78, 5) is 23.2. The zero-order valence-corrected chi connectivity index (χ0v) is 19.3. The van der Waals surface area contributed by atoms with Gasteiger partial charge in [0.1, 0.15) is 18.9 Å². The Kier molecular flexibility index (Phi) is 6.97. The quantitative estimate of drug-likeness (QED) is 0.362. The number of hydrogen-bond donors (Lipinski definition) is 2. The van der Waals surface area contributed by atoms with Crippen LogP contribution in [0.1, 0.15) is 46.8 Å². The van der Waals surface area contributed by atoms with Gasteiger partial charge in [-0.05, 0) is 46.9 Å². The molecule has 3 aromatic carbocycles. The molecule has 34 heavy (non-hydrogen) atoms. The van der Waals surface area contributed by atoms with Gasteiger partial charge >= 0.3 is 5.97 Å². The van der Waals surface area contributed by atoms with Crippen molar-refractivity contribution in [3.05, 3.63) is 101 Å². The maximum atomic E-state index is 12.5. The normalized spacial score (nSPS) is 11.0. The molecule has 0 radical (unpaired) electrons. The molecule has 0 bridgehead atoms. The molecule has 0 aliphatic heterocycles. The van der Waals surface area contributed by atoms with E-state index in [1.54, 1.807) is 6.07 Å². The molecule has 0 fully saturated rings. The van der Waals surface area contributed by atoms with Crippen LogP contribution in [0, 0.1) is 0 Å². The Morgan fingerprint density at radius 2 is 1.76 bits per heavy atom. The van der Waals surface area contributed by atoms with Gasteiger partial charge in [0, 0.05) is 29.2 Å². The zero-order chi connectivity index (χ0) is 24.1. The summed E-state index contributed by atoms with van der Waals surface area (Å²) in [5.74, 6) is -0.281. The van der Waals surface area contributed by atoms with Crippen LogP contribution in [0.2, 0.25) is 0 Å². The molecule has 2 N–H and O–H groups in total. The Labute approximate surface area is 198 Å². The Hall–Kier alpha value is -4.06. The summed E-state index contributed by atoms with van der Waals surface area (Å²) in [6, 6.07) is 23.8. The fourth-order valence-corrected chi connectivity index (χ4v) is 4.02. The molecule has 4 rings (SSSR count). The lowest BCUT2D eigenvalue weighted by molar-refractivity contribution is -0.135. The van der Waals surface area contributed by atoms with E-state index in [4.69, 9.17) is 9.84 Å². The predicted octanol–water partition coefficient (Wildman–Crippen LogP) is 5.21. The minimum atomic E-state index is -1.07. The van der Waals surface area contributed by atoms with Crippen LogP contribution in [0.4, 0.5) is 0 Å². The minimum absolute atomic E-state index is 0.302. The van der Waals surface area contributed by atoms with E-state index in [0.717, 1.165) is 33.3 Å². The van der Waals surface area contributed by atoms with E-state index in [2.05, 4.69) is 48.0 Å². The summed E-state index contributed by atoms with van der Waals surface area (Å²) < 4.78 is 8.22. The standard InChI is InChI=1S/C28H28N2O4/c1-19(2)24-15-21(11-12-26(24)34-18-20-7-4-3-5-8-20)17-30-14-13-22-23(9-6-10-25(22)30)28(33)29-16-27(31)32/h3-15,19H,16-18H2,1-2H3,(H,29,33)(H,31,32). The number of carboxylic acid groups (broad SMARTS) is 1. The second kappa shape index (κ2) is 10.3. The van der Waals surface area contributed by atoms with E-state index < -0.39 is 18.4 Å². The molecule has 1 amide bonds. The van der Waals surface area contributed by atoms with Crippen LogP contribution in [0.25, 0.3) is 10.9 Å². The van der Waals surface area contributed by atoms with Crippen molar-refractivity contribution in [2.24, 2.45) is 0 Å². The number of nitrogens with zero attached hydrogens (tertiary/aromatic N) is 1. The number of nitrogens with one attached hydrogen (secondary N) is 1. The van der Waals surface area contributed by atoms with Crippen LogP contribution in [0.5, 0.6) is 5.75 Å². The van der Waals surface area contributed by atoms with Gasteiger partial charge in [-0.15, -0.1) is 0 Å². The zero-order valence-electron chi connectivity index (χ0n) is 19.3. The lowest BCUT2D eigenvalue weighted by atomic mass is 9.99. The lowest BCUT2D eigenvalue weighted by Crippen LogP contribution is -2.29. The first-order valence-corrected chi connectivity index (χ1v) is 11.3. The number of hydrogen-bond acceptors (Lipinski definition) is 3. The van der Waals surface area contributed by atoms with Crippen molar-refractivity contribution >= 4 is 22.8 Å². The number of benzene rings is 3. The molecule has 4 aromatic rings. The molecular weight excluding hydrogens is 428 g/mol. The number of ether oxygens (including phenoxy) is 1. The van der Waals surface area contributed by atoms with Crippen molar-refractivity contribution in [2.45, 2.75) is 32.9 Å². The van der Waals surface area contributed by atoms with E-state index in [1.165, 1.54) is 0 Å². The third-order valence-electron chi connectivity index (χ3n) is 5.74. The molecule has 0 saturated heterocycles. The number of carbonyl (C=O) groups is 2. The molecule has 0 saturated carbocycles. The van der Waals surface area contributed by atoms with E-state index >= 15 is 0 Å². The van der Waals surface area contributed by atoms with E-state index in [-0.39, 0.29) is 0 Å². The molecule has 0 unspecified atom stereocenters. The molecule has 0 aliphatic rings. The first kappa shape index (κ1) is 23.1. The maximum Gasteiger partial charge on any atom is 0.322 e. The second-order valence-electron chi connectivity index (χ2n) is 8.56. The van der Waals surface area contributed by atoms with Crippen molar-refractivity contribution in [3.63, 3.8) is 0 Å². The van der Waals surface area contributed by atoms with Crippen molar-refractivity contribution in [3.8, 4) is 5.75 Å². The molecule has 0 spiro atoms. The monoisotopic (exact) mass is 456 g/mol. The number of carboxylic acids is 1. The van der Waals surface area contributed by atoms with Crippen LogP contribution in [-0.2, 0) is 17.9 Å². The highest BCUT2D eigenvalue weighted by atomic mass is 16.5. The Morgan fingerprint density at radius 1 is 0.971 bits per heavy atom. The average molecular weight is 457 g/mol. The van der Waals surface area contributed by atoms with Gasteiger partial charge in [0.25, 0.3) is 5.91 Å². The van der Waals surface area contributed by atoms with Gasteiger partial charge < -0.3 is 19.7 Å². The molecule has 1 heterocycles. The molecule has 6 heteroatoms. The van der Waals surface area contributed by atoms with Gasteiger partial charge in [-0.25, -0.2) is 0 Å². The van der Waals surface area contributed by atoms with Crippen molar-refractivity contribution in [1.29, 1.82) is 0 Å². The van der Waals surface area contributed by atoms with Crippen LogP contribution in [-0.4, -0.2) is 28.1 Å². The number of fused-ring (bicyclic) bond motifs is 1. The number of aromatic nitrogens is 1. The number of amides is 1. The summed E-state index contributed by atoms with van der Waals surface area (Å²) in [5, 5.41) is 12.1. The first-order valence-electron chi connectivity index (χ1n) is 11.3. The summed E-state index contributed by atoms with van der Waals surface area (Å²) >= 11 is 0. The summed E-state index contributed by atoms with van der Waals surface area (Å²) in [6.45, 7) is 5.06. The van der Waals surface area contributed by atoms with Gasteiger partial charge in [0.15, 0.2) is 0 Å². The van der Waals surface area contributed by atoms with Crippen LogP contribution in [0.3, 0.4) is 0 Å². The van der Waals surface area contributed by atoms with Crippen molar-refractivity contribution in [2.75, 3.05) is 6.54 Å². The first-order chi connectivity index (χ1) is 16.4. The highest BCUT2D eigenvalue weighted by molar-refractivity contribution is 6.07. The third-order valence-corrected chi connectivity index (χ3v) is 5.74. The van der Waals surface area contributed by atoms with Gasteiger partial charge in [-0.1, -0.05) is 62.4 Å². The largest absolute Gasteiger partial charge is 0.489 e. The molecule has 6 nitrogen and oxygen atoms in total. The van der Waals surface area contributed by atoms with Crippen LogP contribution >= 0.6 is 0 Å². The molecule has 0 aliphatic carbocycles. The Morgan fingerprint density at radius 3 is 2.50 bits per heavy atom. The minimum Gasteiger partial charge on any atom is -0.489 e. The fourth-order valence-electron chi connectivity index (χ4n) is 4.02. The van der Waals surface area contributed by atoms with Crippen molar-refractivity contribution in [1.82, 2.24) is 9.88 Å². The Balaban J connectivity index is 1.55. The maximum absolute atomic E-state index is 12.5. The molecular formula is C28H28N2O4. The second-order valence-corrected chi connectivity index (χ2v) is 8.56. The highest BCUT2D eigenvalue weighted by Gasteiger charge is 2.14. The van der Waals surface area contributed by atoms with E-state index in [1.807, 2.05) is 48.7 Å². The smallest absolute Gasteiger partial charge is 0.322 e. The summed E-state index contributed by atoms with van der Waals surface area (Å²) in [6.07, 6.45) is 1.95. The Bertz CT molecular complexity index is 1310. The summed E-state index contributed by atoms with van der Waals surface area (Å²) in [7, 11) is 0. The highest BCUT2D eigenvalue weighted by Crippen LogP contribution is 2.29. The molecule has 1 aromatic heterocycles. The van der Waals surface area contributed by atoms with Gasteiger partial charge in [-0.3, -0.25) is 9.59 Å². The fraction of sp³-hybridized carbons (Fsp3) is 0.214. The van der Waals surface area contributed by atoms with E-state index in [9.17, 15) is 9.59 Å². The van der Waals surface area contributed by atoms with Crippen LogP contribution < -0.4 is 10.1 Å². The van der Waals surface area contributed by atoms with Gasteiger partial charge in [-0.2, -0.15) is 0 Å². The predicted molar refractivity (Wildman–Crippen MR) is 132 cm³/mol. The molecule has 174 valence electrons. The number of aliphatic carboxylic acids is 1. The number of carbonyl (C=O) groups excluding carboxylic acids is 1. The third kappa shape index (κ3) is 5.29. The number of rotatable bonds is 9. The van der Waals surface area contributed by atoms with Gasteiger partial charge in [0.2, 0.25) is 0 Å². The van der Waals surface area contributed by atoms with E-state index in [0.29, 0.717) is 24.6 Å². The van der Waals surface area contributed by atoms with Crippen LogP contribution in [0.15, 0.2) is 79.0 Å².